The van der Waals surface area contributed by atoms with Crippen molar-refractivity contribution in [1.29, 1.82) is 0 Å². The van der Waals surface area contributed by atoms with Crippen LogP contribution in [-0.4, -0.2) is 0 Å². The van der Waals surface area contributed by atoms with Gasteiger partial charge in [-0.25, -0.2) is 0 Å². The molecular weight excluding hydrogens is 532 g/mol. The highest BCUT2D eigenvalue weighted by molar-refractivity contribution is 6.27. The number of aryl methyl sites for hydroxylation is 3. The molecule has 1 nitrogen and oxygen atoms in total. The van der Waals surface area contributed by atoms with Gasteiger partial charge in [-0.3, -0.25) is 0 Å². The van der Waals surface area contributed by atoms with E-state index in [9.17, 15) is 0 Å². The molecule has 1 heterocycles. The summed E-state index contributed by atoms with van der Waals surface area (Å²) in [6.07, 6.45) is 0. The molecular formula is C43H30O. The van der Waals surface area contributed by atoms with Crippen LogP contribution in [0.15, 0.2) is 132 Å². The summed E-state index contributed by atoms with van der Waals surface area (Å²) >= 11 is 0. The van der Waals surface area contributed by atoms with Crippen molar-refractivity contribution in [2.75, 3.05) is 0 Å². The van der Waals surface area contributed by atoms with Crippen molar-refractivity contribution in [1.82, 2.24) is 0 Å². The number of benzene rings is 8. The van der Waals surface area contributed by atoms with Crippen molar-refractivity contribution < 1.29 is 4.42 Å². The Hall–Kier alpha value is -5.40. The van der Waals surface area contributed by atoms with E-state index in [0.29, 0.717) is 0 Å². The number of rotatable bonds is 3. The summed E-state index contributed by atoms with van der Waals surface area (Å²) in [4.78, 5) is 0. The maximum atomic E-state index is 6.34. The molecule has 0 bridgehead atoms. The second kappa shape index (κ2) is 9.30. The Morgan fingerprint density at radius 3 is 1.70 bits per heavy atom. The molecule has 9 rings (SSSR count). The van der Waals surface area contributed by atoms with E-state index < -0.39 is 0 Å². The van der Waals surface area contributed by atoms with Crippen LogP contribution in [0.5, 0.6) is 0 Å². The molecule has 1 aromatic heterocycles. The van der Waals surface area contributed by atoms with Gasteiger partial charge >= 0.3 is 0 Å². The molecule has 0 fully saturated rings. The Morgan fingerprint density at radius 2 is 1.00 bits per heavy atom. The van der Waals surface area contributed by atoms with E-state index in [1.807, 2.05) is 12.1 Å². The highest BCUT2D eigenvalue weighted by Gasteiger charge is 2.17. The van der Waals surface area contributed by atoms with E-state index in [2.05, 4.69) is 136 Å². The molecule has 0 aliphatic heterocycles. The van der Waals surface area contributed by atoms with Gasteiger partial charge < -0.3 is 4.42 Å². The quantitative estimate of drug-likeness (QED) is 0.195. The lowest BCUT2D eigenvalue weighted by atomic mass is 9.85. The van der Waals surface area contributed by atoms with Crippen molar-refractivity contribution in [3.05, 3.63) is 144 Å². The van der Waals surface area contributed by atoms with Gasteiger partial charge in [0.25, 0.3) is 0 Å². The molecule has 1 heteroatoms. The molecule has 0 radical (unpaired) electrons. The zero-order valence-electron chi connectivity index (χ0n) is 25.0. The van der Waals surface area contributed by atoms with Crippen LogP contribution < -0.4 is 0 Å². The van der Waals surface area contributed by atoms with Crippen LogP contribution in [0.2, 0.25) is 0 Å². The minimum atomic E-state index is 0.927. The van der Waals surface area contributed by atoms with Crippen molar-refractivity contribution in [3.8, 4) is 33.4 Å². The second-order valence-corrected chi connectivity index (χ2v) is 12.3. The fraction of sp³-hybridized carbons (Fsp3) is 0.0698. The van der Waals surface area contributed by atoms with Gasteiger partial charge in [-0.15, -0.1) is 0 Å². The zero-order chi connectivity index (χ0) is 29.5. The van der Waals surface area contributed by atoms with Crippen LogP contribution in [-0.2, 0) is 0 Å². The second-order valence-electron chi connectivity index (χ2n) is 12.3. The van der Waals surface area contributed by atoms with Gasteiger partial charge in [-0.1, -0.05) is 127 Å². The van der Waals surface area contributed by atoms with Crippen LogP contribution >= 0.6 is 0 Å². The topological polar surface area (TPSA) is 13.1 Å². The minimum absolute atomic E-state index is 0.927. The molecule has 9 aromatic rings. The average molecular weight is 563 g/mol. The maximum Gasteiger partial charge on any atom is 0.143 e. The van der Waals surface area contributed by atoms with Crippen LogP contribution in [0.1, 0.15) is 16.7 Å². The molecule has 0 spiro atoms. The van der Waals surface area contributed by atoms with Gasteiger partial charge in [-0.05, 0) is 98.1 Å². The first-order chi connectivity index (χ1) is 21.5. The minimum Gasteiger partial charge on any atom is -0.455 e. The molecule has 0 amide bonds. The first-order valence-electron chi connectivity index (χ1n) is 15.3. The molecule has 0 aliphatic rings. The Morgan fingerprint density at radius 1 is 0.432 bits per heavy atom. The number of para-hydroxylation sites is 2. The summed E-state index contributed by atoms with van der Waals surface area (Å²) in [5.74, 6) is 0. The van der Waals surface area contributed by atoms with Crippen molar-refractivity contribution in [2.24, 2.45) is 0 Å². The summed E-state index contributed by atoms with van der Waals surface area (Å²) in [6.45, 7) is 6.66. The molecule has 0 N–H and O–H groups in total. The van der Waals surface area contributed by atoms with Crippen LogP contribution in [0.25, 0.3) is 87.6 Å². The number of furan rings is 1. The third-order valence-corrected chi connectivity index (χ3v) is 9.52. The Balaban J connectivity index is 1.21. The van der Waals surface area contributed by atoms with E-state index in [4.69, 9.17) is 4.42 Å². The average Bonchev–Trinajstić information content (AvgIpc) is 3.43. The standard InChI is InChI=1S/C43H30O/c1-25-23-26(2)40(27(3)24-25)36-21-17-31-16-20-35-32(19-15-30-18-22-37(36)42(31)41(30)35)28-11-13-29(14-12-28)33-8-6-9-38-34-7-4-5-10-39(34)44-43(33)38/h4-24H,1-3H3. The van der Waals surface area contributed by atoms with Gasteiger partial charge in [0, 0.05) is 16.3 Å². The SMILES string of the molecule is Cc1cc(C)c(-c2ccc3ccc4c(-c5ccc(-c6cccc7c6oc6ccccc67)cc5)ccc5ccc2c3c54)c(C)c1. The molecule has 0 atom stereocenters. The van der Waals surface area contributed by atoms with Crippen LogP contribution in [0.3, 0.4) is 0 Å². The van der Waals surface area contributed by atoms with Crippen molar-refractivity contribution in [2.45, 2.75) is 20.8 Å². The highest BCUT2D eigenvalue weighted by atomic mass is 16.3. The molecule has 8 aromatic carbocycles. The molecule has 0 saturated heterocycles. The zero-order valence-corrected chi connectivity index (χ0v) is 25.0. The number of fused-ring (bicyclic) bond motifs is 3. The van der Waals surface area contributed by atoms with Crippen molar-refractivity contribution >= 4 is 54.3 Å². The lowest BCUT2D eigenvalue weighted by Crippen LogP contribution is -1.93. The maximum absolute atomic E-state index is 6.34. The monoisotopic (exact) mass is 562 g/mol. The van der Waals surface area contributed by atoms with Gasteiger partial charge in [0.15, 0.2) is 0 Å². The van der Waals surface area contributed by atoms with Gasteiger partial charge in [0.2, 0.25) is 0 Å². The van der Waals surface area contributed by atoms with Gasteiger partial charge in [-0.2, -0.15) is 0 Å². The van der Waals surface area contributed by atoms with Gasteiger partial charge in [0.1, 0.15) is 11.2 Å². The molecule has 0 saturated carbocycles. The summed E-state index contributed by atoms with van der Waals surface area (Å²) in [6, 6.07) is 46.7. The fourth-order valence-corrected chi connectivity index (χ4v) is 7.68. The summed E-state index contributed by atoms with van der Waals surface area (Å²) in [5.41, 5.74) is 13.3. The van der Waals surface area contributed by atoms with E-state index in [1.54, 1.807) is 0 Å². The largest absolute Gasteiger partial charge is 0.455 e. The molecule has 208 valence electrons. The lowest BCUT2D eigenvalue weighted by Gasteiger charge is -2.18. The van der Waals surface area contributed by atoms with E-state index in [0.717, 1.165) is 33.1 Å². The lowest BCUT2D eigenvalue weighted by molar-refractivity contribution is 0.670. The summed E-state index contributed by atoms with van der Waals surface area (Å²) in [5, 5.41) is 10.2. The third kappa shape index (κ3) is 3.59. The van der Waals surface area contributed by atoms with E-state index >= 15 is 0 Å². The van der Waals surface area contributed by atoms with Crippen LogP contribution in [0.4, 0.5) is 0 Å². The molecule has 0 aliphatic carbocycles. The molecule has 0 unspecified atom stereocenters. The van der Waals surface area contributed by atoms with E-state index in [1.165, 1.54) is 71.3 Å². The predicted molar refractivity (Wildman–Crippen MR) is 188 cm³/mol. The third-order valence-electron chi connectivity index (χ3n) is 9.52. The normalized spacial score (nSPS) is 12.0. The number of hydrogen-bond donors (Lipinski definition) is 0. The Labute approximate surface area is 256 Å². The van der Waals surface area contributed by atoms with Crippen LogP contribution in [0, 0.1) is 20.8 Å². The molecule has 44 heavy (non-hydrogen) atoms. The first kappa shape index (κ1) is 25.1. The van der Waals surface area contributed by atoms with Gasteiger partial charge in [0.05, 0.1) is 0 Å². The summed E-state index contributed by atoms with van der Waals surface area (Å²) < 4.78 is 6.34. The smallest absolute Gasteiger partial charge is 0.143 e. The Kier molecular flexibility index (Phi) is 5.31. The van der Waals surface area contributed by atoms with E-state index in [-0.39, 0.29) is 0 Å². The summed E-state index contributed by atoms with van der Waals surface area (Å²) in [7, 11) is 0. The highest BCUT2D eigenvalue weighted by Crippen LogP contribution is 2.44. The predicted octanol–water partition coefficient (Wildman–Crippen LogP) is 12.4. The fourth-order valence-electron chi connectivity index (χ4n) is 7.68. The number of hydrogen-bond acceptors (Lipinski definition) is 1. The first-order valence-corrected chi connectivity index (χ1v) is 15.3. The Bertz CT molecular complexity index is 2540. The van der Waals surface area contributed by atoms with Crippen molar-refractivity contribution in [3.63, 3.8) is 0 Å².